The standard InChI is InChI=1S/C16H18N2O5S2/c1-11(20)18-14(8-23-10-19)16-15(24-9-17-16)7-12-4-3-5-13(6-12)25(2,21)22/h3-6,9-10,14H,7-8H2,1-2H3,(H,18,20). The van der Waals surface area contributed by atoms with E-state index in [4.69, 9.17) is 4.74 Å². The predicted molar refractivity (Wildman–Crippen MR) is 93.0 cm³/mol. The Labute approximate surface area is 150 Å². The van der Waals surface area contributed by atoms with Gasteiger partial charge in [0.2, 0.25) is 5.91 Å². The number of carbonyl (C=O) groups is 2. The lowest BCUT2D eigenvalue weighted by Gasteiger charge is -2.16. The molecular weight excluding hydrogens is 364 g/mol. The van der Waals surface area contributed by atoms with Crippen LogP contribution in [-0.2, 0) is 30.6 Å². The van der Waals surface area contributed by atoms with Crippen LogP contribution in [-0.4, -0.2) is 38.6 Å². The van der Waals surface area contributed by atoms with Crippen LogP contribution in [0.5, 0.6) is 0 Å². The molecule has 0 saturated heterocycles. The minimum Gasteiger partial charge on any atom is -0.465 e. The Balaban J connectivity index is 2.28. The number of nitrogens with one attached hydrogen (secondary N) is 1. The fraction of sp³-hybridized carbons (Fsp3) is 0.312. The van der Waals surface area contributed by atoms with E-state index < -0.39 is 15.9 Å². The van der Waals surface area contributed by atoms with Gasteiger partial charge in [-0.3, -0.25) is 9.59 Å². The monoisotopic (exact) mass is 382 g/mol. The van der Waals surface area contributed by atoms with Gasteiger partial charge in [-0.2, -0.15) is 0 Å². The van der Waals surface area contributed by atoms with Crippen molar-refractivity contribution < 1.29 is 22.7 Å². The van der Waals surface area contributed by atoms with E-state index in [1.807, 2.05) is 6.07 Å². The fourth-order valence-electron chi connectivity index (χ4n) is 2.34. The van der Waals surface area contributed by atoms with Crippen LogP contribution in [0.4, 0.5) is 0 Å². The second kappa shape index (κ2) is 8.21. The molecule has 0 aliphatic carbocycles. The Kier molecular flexibility index (Phi) is 6.27. The van der Waals surface area contributed by atoms with E-state index in [9.17, 15) is 18.0 Å². The van der Waals surface area contributed by atoms with Crippen molar-refractivity contribution in [1.29, 1.82) is 0 Å². The first-order valence-corrected chi connectivity index (χ1v) is 10.1. The quantitative estimate of drug-likeness (QED) is 0.694. The largest absolute Gasteiger partial charge is 0.465 e. The van der Waals surface area contributed by atoms with Gasteiger partial charge in [-0.05, 0) is 17.7 Å². The fourth-order valence-corrected chi connectivity index (χ4v) is 3.89. The molecule has 0 aliphatic heterocycles. The normalized spacial score (nSPS) is 12.4. The SMILES string of the molecule is CC(=O)NC(COC=O)c1ncsc1Cc1cccc(S(C)(=O)=O)c1. The molecule has 9 heteroatoms. The van der Waals surface area contributed by atoms with E-state index in [1.165, 1.54) is 18.3 Å². The van der Waals surface area contributed by atoms with E-state index in [-0.39, 0.29) is 17.4 Å². The van der Waals surface area contributed by atoms with E-state index in [0.717, 1.165) is 16.7 Å². The van der Waals surface area contributed by atoms with E-state index >= 15 is 0 Å². The van der Waals surface area contributed by atoms with Crippen molar-refractivity contribution in [2.24, 2.45) is 0 Å². The molecule has 0 aliphatic rings. The summed E-state index contributed by atoms with van der Waals surface area (Å²) in [5.41, 5.74) is 3.05. The maximum Gasteiger partial charge on any atom is 0.293 e. The average Bonchev–Trinajstić information content (AvgIpc) is 2.98. The second-order valence-corrected chi connectivity index (χ2v) is 8.39. The number of aromatic nitrogens is 1. The van der Waals surface area contributed by atoms with Gasteiger partial charge in [0.25, 0.3) is 6.47 Å². The third-order valence-corrected chi connectivity index (χ3v) is 5.36. The molecule has 1 heterocycles. The third-order valence-electron chi connectivity index (χ3n) is 3.40. The van der Waals surface area contributed by atoms with Gasteiger partial charge in [0.1, 0.15) is 12.6 Å². The van der Waals surface area contributed by atoms with Crippen LogP contribution in [0.3, 0.4) is 0 Å². The molecule has 1 atom stereocenters. The molecule has 7 nitrogen and oxygen atoms in total. The highest BCUT2D eigenvalue weighted by molar-refractivity contribution is 7.90. The first kappa shape index (κ1) is 19.1. The number of carbonyl (C=O) groups excluding carboxylic acids is 2. The number of thiazole rings is 1. The zero-order valence-electron chi connectivity index (χ0n) is 13.8. The van der Waals surface area contributed by atoms with Crippen LogP contribution in [0.1, 0.15) is 29.1 Å². The highest BCUT2D eigenvalue weighted by atomic mass is 32.2. The molecule has 1 aromatic heterocycles. The molecular formula is C16H18N2O5S2. The van der Waals surface area contributed by atoms with Crippen LogP contribution in [0.25, 0.3) is 0 Å². The van der Waals surface area contributed by atoms with Crippen LogP contribution < -0.4 is 5.32 Å². The summed E-state index contributed by atoms with van der Waals surface area (Å²) >= 11 is 1.39. The average molecular weight is 382 g/mol. The highest BCUT2D eigenvalue weighted by Gasteiger charge is 2.20. The summed E-state index contributed by atoms with van der Waals surface area (Å²) in [4.78, 5) is 27.2. The molecule has 0 spiro atoms. The third kappa shape index (κ3) is 5.36. The maximum atomic E-state index is 11.7. The topological polar surface area (TPSA) is 102 Å². The summed E-state index contributed by atoms with van der Waals surface area (Å²) in [6.07, 6.45) is 1.62. The molecule has 2 rings (SSSR count). The first-order chi connectivity index (χ1) is 11.8. The molecule has 0 bridgehead atoms. The highest BCUT2D eigenvalue weighted by Crippen LogP contribution is 2.25. The van der Waals surface area contributed by atoms with Gasteiger partial charge in [-0.15, -0.1) is 11.3 Å². The van der Waals surface area contributed by atoms with Crippen molar-refractivity contribution in [3.8, 4) is 0 Å². The number of nitrogens with zero attached hydrogens (tertiary/aromatic N) is 1. The lowest BCUT2D eigenvalue weighted by molar-refractivity contribution is -0.130. The van der Waals surface area contributed by atoms with Crippen molar-refractivity contribution in [2.45, 2.75) is 24.3 Å². The molecule has 1 unspecified atom stereocenters. The van der Waals surface area contributed by atoms with E-state index in [1.54, 1.807) is 23.7 Å². The van der Waals surface area contributed by atoms with E-state index in [0.29, 0.717) is 18.6 Å². The van der Waals surface area contributed by atoms with Gasteiger partial charge in [0.05, 0.1) is 16.1 Å². The Hall–Kier alpha value is -2.26. The molecule has 1 aromatic carbocycles. The second-order valence-electron chi connectivity index (χ2n) is 5.44. The molecule has 1 amide bonds. The van der Waals surface area contributed by atoms with Crippen LogP contribution in [0, 0.1) is 0 Å². The molecule has 1 N–H and O–H groups in total. The van der Waals surface area contributed by atoms with Crippen molar-refractivity contribution in [1.82, 2.24) is 10.3 Å². The van der Waals surface area contributed by atoms with Crippen molar-refractivity contribution in [3.63, 3.8) is 0 Å². The molecule has 0 radical (unpaired) electrons. The number of sulfone groups is 1. The summed E-state index contributed by atoms with van der Waals surface area (Å²) in [5, 5.41) is 2.70. The van der Waals surface area contributed by atoms with Gasteiger partial charge in [0.15, 0.2) is 9.84 Å². The lowest BCUT2D eigenvalue weighted by atomic mass is 10.1. The van der Waals surface area contributed by atoms with E-state index in [2.05, 4.69) is 10.3 Å². The number of hydrogen-bond acceptors (Lipinski definition) is 7. The molecule has 2 aromatic rings. The first-order valence-electron chi connectivity index (χ1n) is 7.35. The Morgan fingerprint density at radius 1 is 1.44 bits per heavy atom. The molecule has 0 saturated carbocycles. The zero-order valence-corrected chi connectivity index (χ0v) is 15.4. The molecule has 134 valence electrons. The summed E-state index contributed by atoms with van der Waals surface area (Å²) in [7, 11) is -3.29. The summed E-state index contributed by atoms with van der Waals surface area (Å²) < 4.78 is 28.2. The van der Waals surface area contributed by atoms with Gasteiger partial charge in [0, 0.05) is 24.5 Å². The van der Waals surface area contributed by atoms with Crippen molar-refractivity contribution in [2.75, 3.05) is 12.9 Å². The number of benzene rings is 1. The number of amides is 1. The predicted octanol–water partition coefficient (Wildman–Crippen LogP) is 1.49. The summed E-state index contributed by atoms with van der Waals surface area (Å²) in [6.45, 7) is 1.66. The lowest BCUT2D eigenvalue weighted by Crippen LogP contribution is -2.30. The Bertz CT molecular complexity index is 861. The molecule has 25 heavy (non-hydrogen) atoms. The molecule has 0 fully saturated rings. The number of rotatable bonds is 8. The number of hydrogen-bond donors (Lipinski definition) is 1. The minimum absolute atomic E-state index is 0.0246. The Morgan fingerprint density at radius 3 is 2.84 bits per heavy atom. The van der Waals surface area contributed by atoms with Gasteiger partial charge < -0.3 is 10.1 Å². The van der Waals surface area contributed by atoms with Crippen LogP contribution >= 0.6 is 11.3 Å². The number of ether oxygens (including phenoxy) is 1. The summed E-state index contributed by atoms with van der Waals surface area (Å²) in [5.74, 6) is -0.266. The van der Waals surface area contributed by atoms with Crippen molar-refractivity contribution >= 4 is 33.6 Å². The smallest absolute Gasteiger partial charge is 0.293 e. The van der Waals surface area contributed by atoms with Crippen molar-refractivity contribution in [3.05, 3.63) is 45.9 Å². The summed E-state index contributed by atoms with van der Waals surface area (Å²) in [6, 6.07) is 6.13. The van der Waals surface area contributed by atoms with Crippen LogP contribution in [0.2, 0.25) is 0 Å². The Morgan fingerprint density at radius 2 is 2.20 bits per heavy atom. The minimum atomic E-state index is -3.29. The van der Waals surface area contributed by atoms with Gasteiger partial charge in [-0.1, -0.05) is 12.1 Å². The maximum absolute atomic E-state index is 11.7. The van der Waals surface area contributed by atoms with Crippen LogP contribution in [0.15, 0.2) is 34.7 Å². The zero-order chi connectivity index (χ0) is 18.4. The van der Waals surface area contributed by atoms with Gasteiger partial charge in [-0.25, -0.2) is 13.4 Å². The van der Waals surface area contributed by atoms with Gasteiger partial charge >= 0.3 is 0 Å².